The summed E-state index contributed by atoms with van der Waals surface area (Å²) < 4.78 is 12.9. The average Bonchev–Trinajstić information content (AvgIpc) is 2.07. The van der Waals surface area contributed by atoms with Gasteiger partial charge in [-0.05, 0) is 227 Å². The molecule has 0 bridgehead atoms. The Balaban J connectivity index is 0.785. The zero-order chi connectivity index (χ0) is 56.0. The lowest BCUT2D eigenvalue weighted by Gasteiger charge is -2.35. The first-order valence-corrected chi connectivity index (χ1v) is 29.9. The lowest BCUT2D eigenvalue weighted by Crippen LogP contribution is -2.29. The SMILES string of the molecule is CCC(CC(C)c1ccc(OCCCCc2ccc3c(c2)CC3)cc1)c1ccc(Oc2ccc(C3(c4ccccc4)c4cc(N(c5ccccc5)c5ccccc5)ccc4-c4ccc(N(c5ccccc5)c5ccccc5)cc43)cc2)cc1. The monoisotopic (exact) mass is 1080 g/mol. The van der Waals surface area contributed by atoms with Crippen LogP contribution in [-0.2, 0) is 24.7 Å². The number of nitrogens with zero attached hydrogens (tertiary/aromatic N) is 2. The summed E-state index contributed by atoms with van der Waals surface area (Å²) >= 11 is 0. The summed E-state index contributed by atoms with van der Waals surface area (Å²) in [7, 11) is 0. The zero-order valence-electron chi connectivity index (χ0n) is 47.6. The van der Waals surface area contributed by atoms with Gasteiger partial charge in [-0.15, -0.1) is 0 Å². The van der Waals surface area contributed by atoms with E-state index in [0.717, 1.165) is 95.6 Å². The summed E-state index contributed by atoms with van der Waals surface area (Å²) in [6, 6.07) is 102. The van der Waals surface area contributed by atoms with E-state index < -0.39 is 5.41 Å². The standard InChI is InChI=1S/C79H70N2O2/c1-3-59(53-57(2)60-36-44-72(45-37-60)82-52-20-19-21-58-32-33-62-34-35-63(62)54-58)61-38-46-73(47-39-61)83-74-48-40-65(41-49-74)79(64-22-9-4-10-23-64)77-55-70(80(66-24-11-5-12-25-66)67-26-13-6-14-27-67)42-50-75(77)76-51-43-71(56-78(76)79)81(68-28-15-7-16-29-68)69-30-17-8-18-31-69/h4-18,22-33,36-51,54-57,59H,3,19-21,34-35,52-53H2,1-2H3. The van der Waals surface area contributed by atoms with Crippen molar-refractivity contribution in [3.63, 3.8) is 0 Å². The van der Waals surface area contributed by atoms with E-state index >= 15 is 0 Å². The normalized spacial score (nSPS) is 13.4. The predicted octanol–water partition coefficient (Wildman–Crippen LogP) is 21.0. The maximum Gasteiger partial charge on any atom is 0.127 e. The van der Waals surface area contributed by atoms with Crippen LogP contribution in [0.4, 0.5) is 34.1 Å². The van der Waals surface area contributed by atoms with Gasteiger partial charge in [0.2, 0.25) is 0 Å². The molecule has 0 saturated heterocycles. The minimum atomic E-state index is -0.721. The molecule has 0 spiro atoms. The average molecular weight is 1080 g/mol. The fraction of sp³-hybridized carbons (Fsp3) is 0.165. The van der Waals surface area contributed by atoms with Crippen molar-refractivity contribution in [2.45, 2.75) is 76.0 Å². The fourth-order valence-electron chi connectivity index (χ4n) is 13.0. The van der Waals surface area contributed by atoms with Crippen molar-refractivity contribution in [2.75, 3.05) is 16.4 Å². The van der Waals surface area contributed by atoms with Gasteiger partial charge in [-0.2, -0.15) is 0 Å². The Labute approximate surface area is 490 Å². The number of benzene rings is 11. The Morgan fingerprint density at radius 3 is 1.35 bits per heavy atom. The molecule has 0 aromatic heterocycles. The first kappa shape index (κ1) is 53.0. The third-order valence-electron chi connectivity index (χ3n) is 17.4. The van der Waals surface area contributed by atoms with Gasteiger partial charge in [0.25, 0.3) is 0 Å². The van der Waals surface area contributed by atoms with Gasteiger partial charge < -0.3 is 19.3 Å². The van der Waals surface area contributed by atoms with E-state index in [9.17, 15) is 0 Å². The minimum Gasteiger partial charge on any atom is -0.494 e. The summed E-state index contributed by atoms with van der Waals surface area (Å²) in [5, 5.41) is 0. The van der Waals surface area contributed by atoms with Crippen molar-refractivity contribution in [2.24, 2.45) is 0 Å². The Bertz CT molecular complexity index is 3710. The summed E-state index contributed by atoms with van der Waals surface area (Å²) in [6.45, 7) is 5.41. The van der Waals surface area contributed by atoms with Crippen molar-refractivity contribution in [1.82, 2.24) is 0 Å². The number of anilines is 6. The van der Waals surface area contributed by atoms with Crippen LogP contribution in [0.5, 0.6) is 17.2 Å². The van der Waals surface area contributed by atoms with E-state index in [-0.39, 0.29) is 0 Å². The molecule has 0 amide bonds. The summed E-state index contributed by atoms with van der Waals surface area (Å²) in [6.07, 6.45) is 7.94. The molecule has 13 rings (SSSR count). The topological polar surface area (TPSA) is 24.9 Å². The highest BCUT2D eigenvalue weighted by Crippen LogP contribution is 2.59. The minimum absolute atomic E-state index is 0.404. The van der Waals surface area contributed by atoms with Gasteiger partial charge in [0.1, 0.15) is 17.2 Å². The first-order chi connectivity index (χ1) is 41.0. The van der Waals surface area contributed by atoms with Gasteiger partial charge in [0, 0.05) is 34.1 Å². The molecule has 0 aliphatic heterocycles. The molecule has 4 nitrogen and oxygen atoms in total. The molecule has 0 saturated carbocycles. The predicted molar refractivity (Wildman–Crippen MR) is 344 cm³/mol. The second kappa shape index (κ2) is 24.0. The van der Waals surface area contributed by atoms with Crippen LogP contribution < -0.4 is 19.3 Å². The third kappa shape index (κ3) is 10.9. The molecular weight excluding hydrogens is 1010 g/mol. The smallest absolute Gasteiger partial charge is 0.127 e. The van der Waals surface area contributed by atoms with Crippen LogP contribution in [-0.4, -0.2) is 6.61 Å². The molecule has 0 fully saturated rings. The largest absolute Gasteiger partial charge is 0.494 e. The van der Waals surface area contributed by atoms with E-state index in [1.807, 2.05) is 0 Å². The van der Waals surface area contributed by atoms with Gasteiger partial charge in [0.05, 0.1) is 12.0 Å². The Kier molecular flexibility index (Phi) is 15.3. The summed E-state index contributed by atoms with van der Waals surface area (Å²) in [5.41, 5.74) is 20.3. The second-order valence-electron chi connectivity index (χ2n) is 22.5. The number of rotatable bonds is 21. The van der Waals surface area contributed by atoms with Crippen molar-refractivity contribution in [3.8, 4) is 28.4 Å². The third-order valence-corrected chi connectivity index (χ3v) is 17.4. The molecule has 408 valence electrons. The number of hydrogen-bond acceptors (Lipinski definition) is 4. The molecule has 2 aliphatic rings. The van der Waals surface area contributed by atoms with E-state index in [1.54, 1.807) is 5.56 Å². The number of hydrogen-bond donors (Lipinski definition) is 0. The van der Waals surface area contributed by atoms with Crippen molar-refractivity contribution in [1.29, 1.82) is 0 Å². The number of fused-ring (bicyclic) bond motifs is 4. The zero-order valence-corrected chi connectivity index (χ0v) is 47.6. The molecular formula is C79H70N2O2. The molecule has 0 radical (unpaired) electrons. The van der Waals surface area contributed by atoms with Crippen LogP contribution in [0.2, 0.25) is 0 Å². The highest BCUT2D eigenvalue weighted by Gasteiger charge is 2.47. The van der Waals surface area contributed by atoms with Crippen molar-refractivity contribution in [3.05, 3.63) is 329 Å². The number of ether oxygens (including phenoxy) is 2. The van der Waals surface area contributed by atoms with E-state index in [1.165, 1.54) is 62.9 Å². The quantitative estimate of drug-likeness (QED) is 0.0670. The number of para-hydroxylation sites is 4. The molecule has 2 atom stereocenters. The molecule has 11 aromatic carbocycles. The van der Waals surface area contributed by atoms with Gasteiger partial charge in [-0.3, -0.25) is 0 Å². The Morgan fingerprint density at radius 1 is 0.410 bits per heavy atom. The molecule has 4 heteroatoms. The van der Waals surface area contributed by atoms with Gasteiger partial charge >= 0.3 is 0 Å². The maximum absolute atomic E-state index is 6.75. The Hall–Kier alpha value is -9.38. The number of unbranched alkanes of at least 4 members (excludes halogenated alkanes) is 1. The fourth-order valence-corrected chi connectivity index (χ4v) is 13.0. The lowest BCUT2D eigenvalue weighted by atomic mass is 9.67. The van der Waals surface area contributed by atoms with Gasteiger partial charge in [0.15, 0.2) is 0 Å². The first-order valence-electron chi connectivity index (χ1n) is 29.9. The maximum atomic E-state index is 6.75. The highest BCUT2D eigenvalue weighted by atomic mass is 16.5. The lowest BCUT2D eigenvalue weighted by molar-refractivity contribution is 0.307. The molecule has 11 aromatic rings. The van der Waals surface area contributed by atoms with Crippen LogP contribution in [0.1, 0.15) is 101 Å². The van der Waals surface area contributed by atoms with E-state index in [2.05, 4.69) is 303 Å². The van der Waals surface area contributed by atoms with Crippen LogP contribution in [0.15, 0.2) is 279 Å². The van der Waals surface area contributed by atoms with E-state index in [0.29, 0.717) is 11.8 Å². The van der Waals surface area contributed by atoms with Gasteiger partial charge in [-0.25, -0.2) is 0 Å². The molecule has 83 heavy (non-hydrogen) atoms. The summed E-state index contributed by atoms with van der Waals surface area (Å²) in [5.74, 6) is 3.39. The Morgan fingerprint density at radius 2 is 0.867 bits per heavy atom. The van der Waals surface area contributed by atoms with Crippen LogP contribution in [0.3, 0.4) is 0 Å². The highest BCUT2D eigenvalue weighted by molar-refractivity contribution is 5.92. The molecule has 0 heterocycles. The summed E-state index contributed by atoms with van der Waals surface area (Å²) in [4.78, 5) is 4.74. The number of aryl methyl sites for hydroxylation is 3. The van der Waals surface area contributed by atoms with Crippen LogP contribution in [0.25, 0.3) is 11.1 Å². The van der Waals surface area contributed by atoms with Gasteiger partial charge in [-0.1, -0.05) is 184 Å². The molecule has 0 N–H and O–H groups in total. The van der Waals surface area contributed by atoms with Crippen LogP contribution >= 0.6 is 0 Å². The van der Waals surface area contributed by atoms with Crippen molar-refractivity contribution >= 4 is 34.1 Å². The van der Waals surface area contributed by atoms with E-state index in [4.69, 9.17) is 9.47 Å². The van der Waals surface area contributed by atoms with Crippen molar-refractivity contribution < 1.29 is 9.47 Å². The van der Waals surface area contributed by atoms with Crippen LogP contribution in [0, 0.1) is 0 Å². The second-order valence-corrected chi connectivity index (χ2v) is 22.5. The molecule has 2 unspecified atom stereocenters. The molecule has 2 aliphatic carbocycles.